The average Bonchev–Trinajstić information content (AvgIpc) is 3.15. The van der Waals surface area contributed by atoms with Crippen LogP contribution in [0.25, 0.3) is 0 Å². The zero-order valence-corrected chi connectivity index (χ0v) is 15.2. The van der Waals surface area contributed by atoms with Gasteiger partial charge in [0.05, 0.1) is 6.54 Å². The van der Waals surface area contributed by atoms with Crippen molar-refractivity contribution in [1.82, 2.24) is 14.9 Å². The van der Waals surface area contributed by atoms with E-state index in [1.165, 1.54) is 12.4 Å². The summed E-state index contributed by atoms with van der Waals surface area (Å²) in [4.78, 5) is 34.1. The topological polar surface area (TPSA) is 96.2 Å². The zero-order valence-electron chi connectivity index (χ0n) is 14.5. The second-order valence-corrected chi connectivity index (χ2v) is 6.56. The van der Waals surface area contributed by atoms with Gasteiger partial charge in [-0.25, -0.2) is 9.97 Å². The summed E-state index contributed by atoms with van der Waals surface area (Å²) in [5.74, 6) is -0.00878. The first-order valence-electron chi connectivity index (χ1n) is 8.51. The number of carbonyl (C=O) groups excluding carboxylic acids is 2. The molecule has 1 aliphatic rings. The van der Waals surface area contributed by atoms with Crippen molar-refractivity contribution in [3.63, 3.8) is 0 Å². The maximum atomic E-state index is 12.4. The quantitative estimate of drug-likeness (QED) is 0.710. The van der Waals surface area contributed by atoms with Gasteiger partial charge in [0.2, 0.25) is 11.6 Å². The lowest BCUT2D eigenvalue weighted by Crippen LogP contribution is -2.31. The van der Waals surface area contributed by atoms with Gasteiger partial charge in [0.25, 0.3) is 5.88 Å². The van der Waals surface area contributed by atoms with Crippen molar-refractivity contribution in [1.29, 1.82) is 5.26 Å². The minimum absolute atomic E-state index is 0.0924. The molecule has 1 aromatic heterocycles. The predicted molar refractivity (Wildman–Crippen MR) is 97.4 cm³/mol. The summed E-state index contributed by atoms with van der Waals surface area (Å²) in [5, 5.41) is 9.59. The van der Waals surface area contributed by atoms with Gasteiger partial charge in [0.1, 0.15) is 12.2 Å². The third-order valence-electron chi connectivity index (χ3n) is 4.28. The van der Waals surface area contributed by atoms with Crippen LogP contribution in [0.2, 0.25) is 5.02 Å². The number of carbonyl (C=O) groups is 2. The van der Waals surface area contributed by atoms with E-state index in [-0.39, 0.29) is 42.2 Å². The number of hydrogen-bond acceptors (Lipinski definition) is 6. The maximum absolute atomic E-state index is 12.4. The Balaban J connectivity index is 1.49. The lowest BCUT2D eigenvalue weighted by molar-refractivity contribution is -0.130. The van der Waals surface area contributed by atoms with Crippen molar-refractivity contribution >= 4 is 23.3 Å². The van der Waals surface area contributed by atoms with E-state index in [2.05, 4.69) is 9.97 Å². The third kappa shape index (κ3) is 4.80. The number of benzene rings is 1. The van der Waals surface area contributed by atoms with E-state index in [4.69, 9.17) is 21.6 Å². The summed E-state index contributed by atoms with van der Waals surface area (Å²) in [6.07, 6.45) is 3.56. The molecule has 3 rings (SSSR count). The number of likely N-dealkylation sites (tertiary alicyclic amines) is 1. The fourth-order valence-electron chi connectivity index (χ4n) is 2.86. The molecule has 1 fully saturated rings. The molecule has 1 atom stereocenters. The number of nitrogens with zero attached hydrogens (tertiary/aromatic N) is 4. The molecule has 0 N–H and O–H groups in total. The van der Waals surface area contributed by atoms with Crippen LogP contribution in [0.3, 0.4) is 0 Å². The van der Waals surface area contributed by atoms with Crippen molar-refractivity contribution in [2.24, 2.45) is 0 Å². The molecule has 8 heteroatoms. The van der Waals surface area contributed by atoms with E-state index in [1.54, 1.807) is 29.2 Å². The Bertz CT molecular complexity index is 879. The molecule has 0 aliphatic carbocycles. The average molecular weight is 385 g/mol. The first-order chi connectivity index (χ1) is 13.1. The van der Waals surface area contributed by atoms with E-state index in [9.17, 15) is 9.59 Å². The summed E-state index contributed by atoms with van der Waals surface area (Å²) in [6, 6.07) is 8.55. The van der Waals surface area contributed by atoms with Gasteiger partial charge in [-0.1, -0.05) is 11.6 Å². The molecular formula is C19H17ClN4O3. The van der Waals surface area contributed by atoms with Crippen LogP contribution >= 0.6 is 11.6 Å². The van der Waals surface area contributed by atoms with E-state index in [1.807, 2.05) is 6.07 Å². The van der Waals surface area contributed by atoms with E-state index < -0.39 is 0 Å². The van der Waals surface area contributed by atoms with Crippen LogP contribution in [0, 0.1) is 11.3 Å². The van der Waals surface area contributed by atoms with Gasteiger partial charge in [-0.3, -0.25) is 9.59 Å². The molecule has 0 radical (unpaired) electrons. The molecule has 1 aromatic carbocycles. The largest absolute Gasteiger partial charge is 0.470 e. The number of aromatic nitrogens is 2. The molecule has 1 aliphatic heterocycles. The zero-order chi connectivity index (χ0) is 19.2. The molecule has 1 amide bonds. The van der Waals surface area contributed by atoms with E-state index >= 15 is 0 Å². The third-order valence-corrected chi connectivity index (χ3v) is 4.53. The fraction of sp³-hybridized carbons (Fsp3) is 0.316. The number of rotatable bonds is 6. The van der Waals surface area contributed by atoms with E-state index in [0.717, 1.165) is 0 Å². The van der Waals surface area contributed by atoms with Crippen LogP contribution in [0.1, 0.15) is 35.3 Å². The Morgan fingerprint density at radius 1 is 1.22 bits per heavy atom. The van der Waals surface area contributed by atoms with Crippen LogP contribution < -0.4 is 4.74 Å². The number of halogens is 1. The highest BCUT2D eigenvalue weighted by molar-refractivity contribution is 6.30. The summed E-state index contributed by atoms with van der Waals surface area (Å²) < 4.78 is 5.71. The predicted octanol–water partition coefficient (Wildman–Crippen LogP) is 2.64. The molecule has 0 bridgehead atoms. The second kappa shape index (κ2) is 8.60. The molecular weight excluding hydrogens is 368 g/mol. The number of Topliss-reactive ketones (excluding diaryl/α,β-unsaturated/α-hetero) is 1. The SMILES string of the molecule is N#Cc1nccnc1OC1CCN(C(=O)CCC(=O)c2ccc(Cl)cc2)C1. The standard InChI is InChI=1S/C19H17ClN4O3/c20-14-3-1-13(2-4-14)17(25)5-6-18(26)24-10-7-15(12-24)27-19-16(11-21)22-8-9-23-19/h1-4,8-9,15H,5-7,10,12H2. The van der Waals surface area contributed by atoms with Crippen LogP contribution in [0.15, 0.2) is 36.7 Å². The Kier molecular flexibility index (Phi) is 5.99. The van der Waals surface area contributed by atoms with Crippen molar-refractivity contribution in [3.05, 3.63) is 52.9 Å². The summed E-state index contributed by atoms with van der Waals surface area (Å²) in [5.41, 5.74) is 0.664. The van der Waals surface area contributed by atoms with Gasteiger partial charge in [0.15, 0.2) is 5.78 Å². The lowest BCUT2D eigenvalue weighted by Gasteiger charge is -2.17. The molecule has 27 heavy (non-hydrogen) atoms. The van der Waals surface area contributed by atoms with Gasteiger partial charge < -0.3 is 9.64 Å². The fourth-order valence-corrected chi connectivity index (χ4v) is 2.98. The van der Waals surface area contributed by atoms with Crippen molar-refractivity contribution in [2.75, 3.05) is 13.1 Å². The summed E-state index contributed by atoms with van der Waals surface area (Å²) in [7, 11) is 0. The van der Waals surface area contributed by atoms with Gasteiger partial charge in [0, 0.05) is 48.8 Å². The van der Waals surface area contributed by atoms with Gasteiger partial charge >= 0.3 is 0 Å². The van der Waals surface area contributed by atoms with Crippen LogP contribution in [0.5, 0.6) is 5.88 Å². The van der Waals surface area contributed by atoms with Gasteiger partial charge in [-0.2, -0.15) is 5.26 Å². The van der Waals surface area contributed by atoms with Crippen LogP contribution in [-0.2, 0) is 4.79 Å². The molecule has 1 unspecified atom stereocenters. The van der Waals surface area contributed by atoms with Crippen molar-refractivity contribution in [2.45, 2.75) is 25.4 Å². The molecule has 7 nitrogen and oxygen atoms in total. The van der Waals surface area contributed by atoms with Crippen LogP contribution in [-0.4, -0.2) is 45.8 Å². The monoisotopic (exact) mass is 384 g/mol. The molecule has 0 spiro atoms. The molecule has 138 valence electrons. The first-order valence-corrected chi connectivity index (χ1v) is 8.89. The molecule has 0 saturated carbocycles. The Labute approximate surface area is 161 Å². The minimum Gasteiger partial charge on any atom is -0.470 e. The highest BCUT2D eigenvalue weighted by atomic mass is 35.5. The number of nitriles is 1. The maximum Gasteiger partial charge on any atom is 0.251 e. The van der Waals surface area contributed by atoms with Gasteiger partial charge in [-0.05, 0) is 24.3 Å². The second-order valence-electron chi connectivity index (χ2n) is 6.12. The van der Waals surface area contributed by atoms with Crippen LogP contribution in [0.4, 0.5) is 0 Å². The normalized spacial score (nSPS) is 16.0. The van der Waals surface area contributed by atoms with Gasteiger partial charge in [-0.15, -0.1) is 0 Å². The Morgan fingerprint density at radius 2 is 1.96 bits per heavy atom. The molecule has 1 saturated heterocycles. The first kappa shape index (κ1) is 18.8. The minimum atomic E-state index is -0.246. The van der Waals surface area contributed by atoms with Crippen molar-refractivity contribution in [3.8, 4) is 11.9 Å². The Morgan fingerprint density at radius 3 is 2.70 bits per heavy atom. The lowest BCUT2D eigenvalue weighted by atomic mass is 10.1. The smallest absolute Gasteiger partial charge is 0.251 e. The van der Waals surface area contributed by atoms with Crippen molar-refractivity contribution < 1.29 is 14.3 Å². The Hall–Kier alpha value is -2.98. The summed E-state index contributed by atoms with van der Waals surface area (Å²) in [6.45, 7) is 0.941. The number of ketones is 1. The van der Waals surface area contributed by atoms with E-state index in [0.29, 0.717) is 30.1 Å². The highest BCUT2D eigenvalue weighted by Crippen LogP contribution is 2.19. The number of hydrogen-bond donors (Lipinski definition) is 0. The highest BCUT2D eigenvalue weighted by Gasteiger charge is 2.28. The summed E-state index contributed by atoms with van der Waals surface area (Å²) >= 11 is 5.81. The molecule has 2 heterocycles. The number of amides is 1. The number of ether oxygens (including phenoxy) is 1. The molecule has 2 aromatic rings.